The van der Waals surface area contributed by atoms with Crippen LogP contribution in [0, 0.1) is 6.07 Å². The summed E-state index contributed by atoms with van der Waals surface area (Å²) in [5.41, 5.74) is 0. The molecule has 2 nitrogen and oxygen atoms in total. The summed E-state index contributed by atoms with van der Waals surface area (Å²) in [4.78, 5) is 2.33. The topological polar surface area (TPSA) is 12.5 Å². The minimum absolute atomic E-state index is 0.720. The number of hydrogen-bond acceptors (Lipinski definition) is 2. The molecule has 69 valence electrons. The third kappa shape index (κ3) is 2.46. The van der Waals surface area contributed by atoms with Crippen molar-refractivity contribution in [1.29, 1.82) is 0 Å². The first-order chi connectivity index (χ1) is 6.45. The Labute approximate surface area is 79.1 Å². The molecule has 0 N–H and O–H groups in total. The second-order valence-electron chi connectivity index (χ2n) is 3.34. The minimum Gasteiger partial charge on any atom is -0.478 e. The van der Waals surface area contributed by atoms with Crippen LogP contribution in [0.25, 0.3) is 0 Å². The van der Waals surface area contributed by atoms with Crippen LogP contribution in [0.3, 0.4) is 0 Å². The van der Waals surface area contributed by atoms with Crippen molar-refractivity contribution < 1.29 is 4.74 Å². The van der Waals surface area contributed by atoms with Crippen LogP contribution in [0.4, 0.5) is 0 Å². The Bertz CT molecular complexity index is 242. The van der Waals surface area contributed by atoms with Crippen molar-refractivity contribution in [2.75, 3.05) is 19.8 Å². The average molecular weight is 176 g/mol. The largest absolute Gasteiger partial charge is 0.478 e. The zero-order valence-corrected chi connectivity index (χ0v) is 7.70. The van der Waals surface area contributed by atoms with E-state index in [9.17, 15) is 0 Å². The van der Waals surface area contributed by atoms with Crippen LogP contribution in [0.1, 0.15) is 12.8 Å². The normalized spacial score (nSPS) is 17.5. The van der Waals surface area contributed by atoms with Gasteiger partial charge in [-0.2, -0.15) is 0 Å². The van der Waals surface area contributed by atoms with Crippen LogP contribution in [-0.4, -0.2) is 24.7 Å². The van der Waals surface area contributed by atoms with Gasteiger partial charge in [0.2, 0.25) is 0 Å². The maximum absolute atomic E-state index is 5.58. The van der Waals surface area contributed by atoms with Gasteiger partial charge in [-0.15, -0.1) is 0 Å². The number of likely N-dealkylation sites (tertiary alicyclic amines) is 1. The summed E-state index contributed by atoms with van der Waals surface area (Å²) in [5.74, 6) is 0.911. The number of hydrogen-bond donors (Lipinski definition) is 0. The second kappa shape index (κ2) is 4.28. The number of nitrogens with zero attached hydrogens (tertiary/aromatic N) is 1. The van der Waals surface area contributed by atoms with Crippen LogP contribution in [-0.2, 0) is 0 Å². The fourth-order valence-corrected chi connectivity index (χ4v) is 1.54. The van der Waals surface area contributed by atoms with Crippen molar-refractivity contribution in [2.45, 2.75) is 12.8 Å². The van der Waals surface area contributed by atoms with Gasteiger partial charge < -0.3 is 4.74 Å². The molecule has 2 rings (SSSR count). The Morgan fingerprint density at radius 3 is 2.92 bits per heavy atom. The van der Waals surface area contributed by atoms with Gasteiger partial charge in [0.1, 0.15) is 12.5 Å². The van der Waals surface area contributed by atoms with Crippen LogP contribution in [0.15, 0.2) is 24.3 Å². The van der Waals surface area contributed by atoms with E-state index in [-0.39, 0.29) is 0 Å². The highest BCUT2D eigenvalue weighted by Crippen LogP contribution is 2.11. The standard InChI is InChI=1S/C11H14NO/c1-2-6-11(7-3-1)13-10-12-8-4-5-9-12/h1-2,6-7H,4-5,8-10H2. The fourth-order valence-electron chi connectivity index (χ4n) is 1.54. The lowest BCUT2D eigenvalue weighted by Gasteiger charge is -2.15. The predicted octanol–water partition coefficient (Wildman–Crippen LogP) is 1.92. The van der Waals surface area contributed by atoms with Gasteiger partial charge in [-0.05, 0) is 31.0 Å². The van der Waals surface area contributed by atoms with Gasteiger partial charge in [-0.1, -0.05) is 12.1 Å². The molecular weight excluding hydrogens is 162 g/mol. The van der Waals surface area contributed by atoms with E-state index < -0.39 is 0 Å². The van der Waals surface area contributed by atoms with Gasteiger partial charge in [0.25, 0.3) is 0 Å². The first-order valence-corrected chi connectivity index (χ1v) is 4.76. The molecule has 2 heteroatoms. The molecule has 13 heavy (non-hydrogen) atoms. The summed E-state index contributed by atoms with van der Waals surface area (Å²) in [7, 11) is 0. The van der Waals surface area contributed by atoms with Gasteiger partial charge in [-0.25, -0.2) is 0 Å². The van der Waals surface area contributed by atoms with Crippen LogP contribution in [0.2, 0.25) is 0 Å². The zero-order valence-electron chi connectivity index (χ0n) is 7.70. The lowest BCUT2D eigenvalue weighted by molar-refractivity contribution is 0.152. The van der Waals surface area contributed by atoms with Crippen molar-refractivity contribution in [2.24, 2.45) is 0 Å². The molecule has 1 radical (unpaired) electrons. The van der Waals surface area contributed by atoms with Gasteiger partial charge in [0.15, 0.2) is 0 Å². The molecular formula is C11H14NO. The molecule has 0 aliphatic carbocycles. The summed E-state index contributed by atoms with van der Waals surface area (Å²) in [6.07, 6.45) is 2.62. The van der Waals surface area contributed by atoms with Crippen LogP contribution < -0.4 is 4.74 Å². The number of rotatable bonds is 3. The Balaban J connectivity index is 1.79. The third-order valence-corrected chi connectivity index (χ3v) is 2.29. The Morgan fingerprint density at radius 2 is 2.23 bits per heavy atom. The van der Waals surface area contributed by atoms with E-state index in [1.165, 1.54) is 25.9 Å². The quantitative estimate of drug-likeness (QED) is 0.697. The molecule has 1 aliphatic rings. The van der Waals surface area contributed by atoms with E-state index in [2.05, 4.69) is 11.0 Å². The van der Waals surface area contributed by atoms with Crippen LogP contribution >= 0.6 is 0 Å². The molecule has 1 saturated heterocycles. The van der Waals surface area contributed by atoms with E-state index in [1.807, 2.05) is 24.3 Å². The highest BCUT2D eigenvalue weighted by atomic mass is 16.5. The molecule has 1 aromatic carbocycles. The summed E-state index contributed by atoms with van der Waals surface area (Å²) in [6, 6.07) is 10.7. The lowest BCUT2D eigenvalue weighted by atomic mass is 10.3. The number of benzene rings is 1. The summed E-state index contributed by atoms with van der Waals surface area (Å²) >= 11 is 0. The molecule has 0 spiro atoms. The molecule has 0 bridgehead atoms. The summed E-state index contributed by atoms with van der Waals surface area (Å²) in [6.45, 7) is 3.07. The van der Waals surface area contributed by atoms with Crippen molar-refractivity contribution in [1.82, 2.24) is 4.90 Å². The molecule has 0 unspecified atom stereocenters. The summed E-state index contributed by atoms with van der Waals surface area (Å²) in [5, 5.41) is 0. The van der Waals surface area contributed by atoms with Gasteiger partial charge in [0.05, 0.1) is 0 Å². The second-order valence-corrected chi connectivity index (χ2v) is 3.34. The third-order valence-electron chi connectivity index (χ3n) is 2.29. The molecule has 0 atom stereocenters. The molecule has 0 amide bonds. The van der Waals surface area contributed by atoms with Crippen molar-refractivity contribution in [3.63, 3.8) is 0 Å². The maximum Gasteiger partial charge on any atom is 0.142 e. The Morgan fingerprint density at radius 1 is 1.38 bits per heavy atom. The zero-order chi connectivity index (χ0) is 8.93. The monoisotopic (exact) mass is 176 g/mol. The van der Waals surface area contributed by atoms with Gasteiger partial charge in [0, 0.05) is 13.1 Å². The molecule has 1 fully saturated rings. The van der Waals surface area contributed by atoms with Crippen molar-refractivity contribution >= 4 is 0 Å². The summed E-state index contributed by atoms with van der Waals surface area (Å²) < 4.78 is 5.58. The first kappa shape index (κ1) is 8.57. The van der Waals surface area contributed by atoms with Crippen molar-refractivity contribution in [3.8, 4) is 5.75 Å². The predicted molar refractivity (Wildman–Crippen MR) is 51.6 cm³/mol. The van der Waals surface area contributed by atoms with E-state index in [4.69, 9.17) is 4.74 Å². The fraction of sp³-hybridized carbons (Fsp3) is 0.455. The van der Waals surface area contributed by atoms with E-state index in [0.29, 0.717) is 0 Å². The molecule has 0 aromatic heterocycles. The Kier molecular flexibility index (Phi) is 2.82. The minimum atomic E-state index is 0.720. The van der Waals surface area contributed by atoms with E-state index in [1.54, 1.807) is 0 Å². The van der Waals surface area contributed by atoms with Gasteiger partial charge >= 0.3 is 0 Å². The Hall–Kier alpha value is -1.02. The van der Waals surface area contributed by atoms with E-state index >= 15 is 0 Å². The SMILES string of the molecule is [c]1cccc(OCN2CCCC2)c1. The molecule has 0 saturated carbocycles. The number of ether oxygens (including phenoxy) is 1. The van der Waals surface area contributed by atoms with Crippen LogP contribution in [0.5, 0.6) is 5.75 Å². The smallest absolute Gasteiger partial charge is 0.142 e. The van der Waals surface area contributed by atoms with Crippen molar-refractivity contribution in [3.05, 3.63) is 30.3 Å². The maximum atomic E-state index is 5.58. The highest BCUT2D eigenvalue weighted by molar-refractivity contribution is 5.19. The first-order valence-electron chi connectivity index (χ1n) is 4.76. The molecule has 1 aliphatic heterocycles. The lowest BCUT2D eigenvalue weighted by Crippen LogP contribution is -2.24. The average Bonchev–Trinajstić information content (AvgIpc) is 2.69. The molecule has 1 aromatic rings. The highest BCUT2D eigenvalue weighted by Gasteiger charge is 2.10. The van der Waals surface area contributed by atoms with Gasteiger partial charge in [-0.3, -0.25) is 4.90 Å². The molecule has 1 heterocycles. The van der Waals surface area contributed by atoms with E-state index in [0.717, 1.165) is 12.5 Å².